The van der Waals surface area contributed by atoms with Crippen LogP contribution in [0.1, 0.15) is 25.7 Å². The number of hydrogen-bond donors (Lipinski definition) is 0. The van der Waals surface area contributed by atoms with Crippen LogP contribution in [0.5, 0.6) is 0 Å². The Hall–Kier alpha value is -3.21. The average Bonchev–Trinajstić information content (AvgIpc) is 2.96. The number of rotatable bonds is 6. The molecule has 1 aliphatic heterocycles. The summed E-state index contributed by atoms with van der Waals surface area (Å²) in [7, 11) is 0. The van der Waals surface area contributed by atoms with E-state index >= 15 is 0 Å². The van der Waals surface area contributed by atoms with Crippen molar-refractivity contribution in [2.24, 2.45) is 11.8 Å². The molecule has 2 atom stereocenters. The number of carbonyl (C=O) groups excluding carboxylic acids is 4. The molecule has 0 N–H and O–H groups in total. The fraction of sp³-hybridized carbons (Fsp3) is 0.450. The molecule has 0 spiro atoms. The number of nitriles is 1. The van der Waals surface area contributed by atoms with Crippen molar-refractivity contribution in [3.8, 4) is 6.07 Å². The quantitative estimate of drug-likeness (QED) is 0.416. The molecular weight excluding hydrogens is 362 g/mol. The molecule has 2 unspecified atom stereocenters. The minimum absolute atomic E-state index is 0.188. The summed E-state index contributed by atoms with van der Waals surface area (Å²) in [4.78, 5) is 51.4. The van der Waals surface area contributed by atoms with E-state index in [1.807, 2.05) is 6.07 Å². The third kappa shape index (κ3) is 4.03. The van der Waals surface area contributed by atoms with Crippen LogP contribution < -0.4 is 4.90 Å². The van der Waals surface area contributed by atoms with Crippen molar-refractivity contribution in [2.75, 3.05) is 24.6 Å². The minimum atomic E-state index is -0.821. The van der Waals surface area contributed by atoms with Gasteiger partial charge in [-0.3, -0.25) is 29.0 Å². The van der Waals surface area contributed by atoms with Crippen LogP contribution in [-0.4, -0.2) is 48.3 Å². The molecule has 1 aromatic rings. The molecule has 1 aliphatic carbocycles. The van der Waals surface area contributed by atoms with Crippen LogP contribution in [0.15, 0.2) is 30.3 Å². The molecule has 146 valence electrons. The maximum atomic E-state index is 12.4. The fourth-order valence-electron chi connectivity index (χ4n) is 3.78. The zero-order valence-corrected chi connectivity index (χ0v) is 15.4. The van der Waals surface area contributed by atoms with Crippen LogP contribution in [0.3, 0.4) is 0 Å². The molecule has 8 heteroatoms. The Balaban J connectivity index is 1.56. The zero-order valence-electron chi connectivity index (χ0n) is 15.4. The number of imide groups is 1. The van der Waals surface area contributed by atoms with Crippen LogP contribution in [0, 0.1) is 23.2 Å². The van der Waals surface area contributed by atoms with Gasteiger partial charge in [0.2, 0.25) is 11.8 Å². The summed E-state index contributed by atoms with van der Waals surface area (Å²) < 4.78 is 4.98. The van der Waals surface area contributed by atoms with Crippen molar-refractivity contribution >= 4 is 29.4 Å². The zero-order chi connectivity index (χ0) is 20.1. The van der Waals surface area contributed by atoms with Gasteiger partial charge in [0, 0.05) is 5.69 Å². The summed E-state index contributed by atoms with van der Waals surface area (Å²) in [5.41, 5.74) is 0.513. The summed E-state index contributed by atoms with van der Waals surface area (Å²) in [5, 5.41) is 8.94. The highest BCUT2D eigenvalue weighted by atomic mass is 16.5. The average molecular weight is 383 g/mol. The molecule has 28 heavy (non-hydrogen) atoms. The van der Waals surface area contributed by atoms with E-state index in [2.05, 4.69) is 0 Å². The Morgan fingerprint density at radius 1 is 1.11 bits per heavy atom. The number of carbonyl (C=O) groups is 4. The number of nitrogens with zero attached hydrogens (tertiary/aromatic N) is 3. The van der Waals surface area contributed by atoms with Crippen molar-refractivity contribution in [3.63, 3.8) is 0 Å². The smallest absolute Gasteiger partial charge is 0.326 e. The Morgan fingerprint density at radius 2 is 1.71 bits per heavy atom. The molecular formula is C20H21N3O5. The SMILES string of the molecule is N#CCN(C(=O)COC(=O)CN1C(=O)C2CCCCC2C1=O)c1ccccc1. The van der Waals surface area contributed by atoms with Crippen molar-refractivity contribution in [1.82, 2.24) is 4.90 Å². The summed E-state index contributed by atoms with van der Waals surface area (Å²) in [6.45, 7) is -1.24. The van der Waals surface area contributed by atoms with Crippen LogP contribution >= 0.6 is 0 Å². The van der Waals surface area contributed by atoms with E-state index in [4.69, 9.17) is 10.00 Å². The molecule has 1 heterocycles. The van der Waals surface area contributed by atoms with E-state index in [0.29, 0.717) is 18.5 Å². The summed E-state index contributed by atoms with van der Waals surface area (Å²) in [6, 6.07) is 10.5. The van der Waals surface area contributed by atoms with E-state index in [-0.39, 0.29) is 30.2 Å². The van der Waals surface area contributed by atoms with E-state index in [0.717, 1.165) is 17.7 Å². The van der Waals surface area contributed by atoms with Gasteiger partial charge in [-0.25, -0.2) is 0 Å². The molecule has 8 nitrogen and oxygen atoms in total. The lowest BCUT2D eigenvalue weighted by Crippen LogP contribution is -2.39. The van der Waals surface area contributed by atoms with Gasteiger partial charge in [-0.05, 0) is 25.0 Å². The number of likely N-dealkylation sites (tertiary alicyclic amines) is 1. The first kappa shape index (κ1) is 19.5. The predicted octanol–water partition coefficient (Wildman–Crippen LogP) is 1.26. The standard InChI is InChI=1S/C20H21N3O5/c21-10-11-22(14-6-2-1-3-7-14)17(24)13-28-18(25)12-23-19(26)15-8-4-5-9-16(15)20(23)27/h1-3,6-7,15-16H,4-5,8-9,11-13H2. The lowest BCUT2D eigenvalue weighted by molar-refractivity contribution is -0.154. The molecule has 3 rings (SSSR count). The predicted molar refractivity (Wildman–Crippen MR) is 97.5 cm³/mol. The normalized spacial score (nSPS) is 21.0. The Morgan fingerprint density at radius 3 is 2.29 bits per heavy atom. The molecule has 1 aromatic carbocycles. The highest BCUT2D eigenvalue weighted by molar-refractivity contribution is 6.07. The van der Waals surface area contributed by atoms with Crippen molar-refractivity contribution in [1.29, 1.82) is 5.26 Å². The second kappa shape index (κ2) is 8.65. The molecule has 1 saturated heterocycles. The Labute approximate surface area is 162 Å². The lowest BCUT2D eigenvalue weighted by Gasteiger charge is -2.20. The number of hydrogen-bond acceptors (Lipinski definition) is 6. The molecule has 0 radical (unpaired) electrons. The number of esters is 1. The fourth-order valence-corrected chi connectivity index (χ4v) is 3.78. The summed E-state index contributed by atoms with van der Waals surface area (Å²) >= 11 is 0. The highest BCUT2D eigenvalue weighted by Crippen LogP contribution is 2.37. The Kier molecular flexibility index (Phi) is 6.04. The largest absolute Gasteiger partial charge is 0.454 e. The van der Waals surface area contributed by atoms with Crippen LogP contribution in [-0.2, 0) is 23.9 Å². The maximum Gasteiger partial charge on any atom is 0.326 e. The second-order valence-corrected chi connectivity index (χ2v) is 6.89. The Bertz CT molecular complexity index is 793. The molecule has 1 saturated carbocycles. The van der Waals surface area contributed by atoms with Gasteiger partial charge >= 0.3 is 5.97 Å². The van der Waals surface area contributed by atoms with E-state index in [1.165, 1.54) is 4.90 Å². The minimum Gasteiger partial charge on any atom is -0.454 e. The molecule has 2 fully saturated rings. The first-order chi connectivity index (χ1) is 13.5. The van der Waals surface area contributed by atoms with E-state index in [1.54, 1.807) is 30.3 Å². The lowest BCUT2D eigenvalue weighted by atomic mass is 9.81. The van der Waals surface area contributed by atoms with Gasteiger partial charge in [-0.15, -0.1) is 0 Å². The van der Waals surface area contributed by atoms with Crippen molar-refractivity contribution in [3.05, 3.63) is 30.3 Å². The molecule has 0 bridgehead atoms. The first-order valence-electron chi connectivity index (χ1n) is 9.26. The van der Waals surface area contributed by atoms with Gasteiger partial charge in [-0.2, -0.15) is 5.26 Å². The topological polar surface area (TPSA) is 108 Å². The third-order valence-corrected chi connectivity index (χ3v) is 5.17. The maximum absolute atomic E-state index is 12.4. The number of amides is 3. The van der Waals surface area contributed by atoms with Crippen molar-refractivity contribution < 1.29 is 23.9 Å². The van der Waals surface area contributed by atoms with Gasteiger partial charge < -0.3 is 4.74 Å². The van der Waals surface area contributed by atoms with Gasteiger partial charge in [0.05, 0.1) is 17.9 Å². The third-order valence-electron chi connectivity index (χ3n) is 5.17. The summed E-state index contributed by atoms with van der Waals surface area (Å²) in [5.74, 6) is -2.70. The summed E-state index contributed by atoms with van der Waals surface area (Å²) in [6.07, 6.45) is 3.14. The highest BCUT2D eigenvalue weighted by Gasteiger charge is 2.48. The van der Waals surface area contributed by atoms with Crippen LogP contribution in [0.2, 0.25) is 0 Å². The van der Waals surface area contributed by atoms with E-state index in [9.17, 15) is 19.2 Å². The van der Waals surface area contributed by atoms with Gasteiger partial charge in [0.1, 0.15) is 13.1 Å². The van der Waals surface area contributed by atoms with E-state index < -0.39 is 25.0 Å². The van der Waals surface area contributed by atoms with Gasteiger partial charge in [0.15, 0.2) is 6.61 Å². The number of fused-ring (bicyclic) bond motifs is 1. The second-order valence-electron chi connectivity index (χ2n) is 6.89. The monoisotopic (exact) mass is 383 g/mol. The van der Waals surface area contributed by atoms with Crippen LogP contribution in [0.25, 0.3) is 0 Å². The number of ether oxygens (including phenoxy) is 1. The molecule has 3 amide bonds. The van der Waals surface area contributed by atoms with Crippen LogP contribution in [0.4, 0.5) is 5.69 Å². The number of benzene rings is 1. The number of anilines is 1. The molecule has 0 aromatic heterocycles. The van der Waals surface area contributed by atoms with Gasteiger partial charge in [-0.1, -0.05) is 31.0 Å². The van der Waals surface area contributed by atoms with Gasteiger partial charge in [0.25, 0.3) is 5.91 Å². The van der Waals surface area contributed by atoms with Crippen molar-refractivity contribution in [2.45, 2.75) is 25.7 Å². The molecule has 2 aliphatic rings. The first-order valence-corrected chi connectivity index (χ1v) is 9.26. The number of para-hydroxylation sites is 1.